The molecule has 0 spiro atoms. The first-order chi connectivity index (χ1) is 8.61. The van der Waals surface area contributed by atoms with Gasteiger partial charge in [-0.05, 0) is 31.5 Å². The highest BCUT2D eigenvalue weighted by molar-refractivity contribution is 6.31. The van der Waals surface area contributed by atoms with Crippen LogP contribution in [0.5, 0.6) is 0 Å². The number of amides is 1. The number of rotatable bonds is 3. The van der Waals surface area contributed by atoms with E-state index < -0.39 is 0 Å². The van der Waals surface area contributed by atoms with Crippen molar-refractivity contribution in [1.82, 2.24) is 5.16 Å². The summed E-state index contributed by atoms with van der Waals surface area (Å²) in [4.78, 5) is 12.1. The highest BCUT2D eigenvalue weighted by Crippen LogP contribution is 2.19. The lowest BCUT2D eigenvalue weighted by Gasteiger charge is -2.05. The van der Waals surface area contributed by atoms with Crippen molar-refractivity contribution in [3.8, 4) is 0 Å². The molecule has 1 N–H and O–H groups in total. The van der Waals surface area contributed by atoms with Crippen LogP contribution in [0.15, 0.2) is 28.8 Å². The van der Waals surface area contributed by atoms with Crippen molar-refractivity contribution in [3.63, 3.8) is 0 Å². The molecule has 0 atom stereocenters. The number of halogens is 1. The van der Waals surface area contributed by atoms with Gasteiger partial charge in [-0.3, -0.25) is 4.79 Å². The minimum atomic E-state index is -0.229. The lowest BCUT2D eigenvalue weighted by Crippen LogP contribution is -2.14. The van der Waals surface area contributed by atoms with Gasteiger partial charge >= 0.3 is 0 Å². The first-order valence-corrected chi connectivity index (χ1v) is 6.01. The van der Waals surface area contributed by atoms with Crippen LogP contribution in [-0.4, -0.2) is 11.1 Å². The predicted octanol–water partition coefficient (Wildman–Crippen LogP) is 3.45. The van der Waals surface area contributed by atoms with Gasteiger partial charge in [-0.1, -0.05) is 29.7 Å². The normalized spacial score (nSPS) is 10.4. The molecule has 1 heterocycles. The minimum absolute atomic E-state index is 0.229. The Morgan fingerprint density at radius 3 is 2.94 bits per heavy atom. The zero-order valence-electron chi connectivity index (χ0n) is 10.2. The lowest BCUT2D eigenvalue weighted by atomic mass is 10.1. The van der Waals surface area contributed by atoms with Gasteiger partial charge in [-0.25, -0.2) is 0 Å². The number of benzene rings is 1. The molecule has 0 aliphatic heterocycles. The second kappa shape index (κ2) is 5.23. The monoisotopic (exact) mass is 264 g/mol. The van der Waals surface area contributed by atoms with Crippen LogP contribution in [0.3, 0.4) is 0 Å². The molecule has 4 nitrogen and oxygen atoms in total. The van der Waals surface area contributed by atoms with E-state index in [-0.39, 0.29) is 5.91 Å². The highest BCUT2D eigenvalue weighted by atomic mass is 35.5. The van der Waals surface area contributed by atoms with Gasteiger partial charge in [0.05, 0.1) is 5.69 Å². The number of nitrogens with one attached hydrogen (secondary N) is 1. The summed E-state index contributed by atoms with van der Waals surface area (Å²) in [5, 5.41) is 7.20. The fourth-order valence-corrected chi connectivity index (χ4v) is 1.90. The maximum atomic E-state index is 12.1. The fraction of sp³-hybridized carbons (Fsp3) is 0.231. The molecule has 1 aromatic heterocycles. The van der Waals surface area contributed by atoms with Gasteiger partial charge in [0, 0.05) is 10.7 Å². The zero-order valence-corrected chi connectivity index (χ0v) is 10.9. The number of hydrogen-bond acceptors (Lipinski definition) is 3. The van der Waals surface area contributed by atoms with Crippen molar-refractivity contribution in [2.75, 3.05) is 5.32 Å². The Morgan fingerprint density at radius 2 is 2.28 bits per heavy atom. The molecular weight excluding hydrogens is 252 g/mol. The number of nitrogens with zero attached hydrogens (tertiary/aromatic N) is 1. The minimum Gasteiger partial charge on any atom is -0.361 e. The molecule has 2 aromatic rings. The summed E-state index contributed by atoms with van der Waals surface area (Å²) in [5.41, 5.74) is 1.81. The average molecular weight is 265 g/mol. The number of aromatic nitrogens is 1. The van der Waals surface area contributed by atoms with Gasteiger partial charge in [0.2, 0.25) is 0 Å². The number of anilines is 1. The molecule has 0 aliphatic rings. The molecule has 5 heteroatoms. The van der Waals surface area contributed by atoms with Gasteiger partial charge < -0.3 is 9.84 Å². The SMILES string of the molecule is CCc1noc(C)c1C(=O)Nc1cccc(Cl)c1. The van der Waals surface area contributed by atoms with Crippen LogP contribution in [0.1, 0.15) is 28.7 Å². The molecule has 0 saturated carbocycles. The Balaban J connectivity index is 2.24. The summed E-state index contributed by atoms with van der Waals surface area (Å²) < 4.78 is 5.03. The molecule has 18 heavy (non-hydrogen) atoms. The maximum Gasteiger partial charge on any atom is 0.261 e. The Hall–Kier alpha value is -1.81. The van der Waals surface area contributed by atoms with Crippen molar-refractivity contribution < 1.29 is 9.32 Å². The Kier molecular flexibility index (Phi) is 3.67. The summed E-state index contributed by atoms with van der Waals surface area (Å²) in [6.07, 6.45) is 0.648. The van der Waals surface area contributed by atoms with Crippen LogP contribution in [0, 0.1) is 6.92 Å². The highest BCUT2D eigenvalue weighted by Gasteiger charge is 2.19. The summed E-state index contributed by atoms with van der Waals surface area (Å²) in [5.74, 6) is 0.291. The van der Waals surface area contributed by atoms with E-state index >= 15 is 0 Å². The molecule has 1 amide bonds. The number of carbonyl (C=O) groups excluding carboxylic acids is 1. The molecule has 0 unspecified atom stereocenters. The lowest BCUT2D eigenvalue weighted by molar-refractivity contribution is 0.102. The van der Waals surface area contributed by atoms with Crippen LogP contribution in [0.4, 0.5) is 5.69 Å². The molecule has 0 saturated heterocycles. The van der Waals surface area contributed by atoms with Gasteiger partial charge in [0.1, 0.15) is 11.3 Å². The second-order valence-corrected chi connectivity index (χ2v) is 4.31. The van der Waals surface area contributed by atoms with E-state index in [1.165, 1.54) is 0 Å². The zero-order chi connectivity index (χ0) is 13.1. The van der Waals surface area contributed by atoms with E-state index in [0.717, 1.165) is 0 Å². The second-order valence-electron chi connectivity index (χ2n) is 3.88. The van der Waals surface area contributed by atoms with E-state index in [9.17, 15) is 4.79 Å². The topological polar surface area (TPSA) is 55.1 Å². The molecule has 0 aliphatic carbocycles. The van der Waals surface area contributed by atoms with Crippen LogP contribution >= 0.6 is 11.6 Å². The van der Waals surface area contributed by atoms with Gasteiger partial charge in [-0.15, -0.1) is 0 Å². The van der Waals surface area contributed by atoms with Crippen LogP contribution < -0.4 is 5.32 Å². The fourth-order valence-electron chi connectivity index (χ4n) is 1.71. The number of hydrogen-bond donors (Lipinski definition) is 1. The maximum absolute atomic E-state index is 12.1. The predicted molar refractivity (Wildman–Crippen MR) is 70.0 cm³/mol. The summed E-state index contributed by atoms with van der Waals surface area (Å²) >= 11 is 5.86. The molecule has 0 bridgehead atoms. The van der Waals surface area contributed by atoms with E-state index in [1.54, 1.807) is 31.2 Å². The summed E-state index contributed by atoms with van der Waals surface area (Å²) in [7, 11) is 0. The van der Waals surface area contributed by atoms with Crippen LogP contribution in [0.25, 0.3) is 0 Å². The van der Waals surface area contributed by atoms with Crippen molar-refractivity contribution in [1.29, 1.82) is 0 Å². The van der Waals surface area contributed by atoms with Gasteiger partial charge in [-0.2, -0.15) is 0 Å². The Bertz CT molecular complexity index is 578. The molecule has 0 fully saturated rings. The third-order valence-corrected chi connectivity index (χ3v) is 2.81. The third kappa shape index (κ3) is 2.54. The van der Waals surface area contributed by atoms with Crippen molar-refractivity contribution in [2.24, 2.45) is 0 Å². The van der Waals surface area contributed by atoms with E-state index in [4.69, 9.17) is 16.1 Å². The molecule has 94 valence electrons. The van der Waals surface area contributed by atoms with Crippen molar-refractivity contribution >= 4 is 23.2 Å². The molecule has 1 aromatic carbocycles. The first-order valence-electron chi connectivity index (χ1n) is 5.64. The number of aryl methyl sites for hydroxylation is 2. The smallest absolute Gasteiger partial charge is 0.261 e. The first kappa shape index (κ1) is 12.6. The molecule has 0 radical (unpaired) electrons. The molecular formula is C13H13ClN2O2. The van der Waals surface area contributed by atoms with E-state index in [2.05, 4.69) is 10.5 Å². The molecule has 2 rings (SSSR count). The van der Waals surface area contributed by atoms with Gasteiger partial charge in [0.15, 0.2) is 0 Å². The summed E-state index contributed by atoms with van der Waals surface area (Å²) in [6, 6.07) is 6.99. The summed E-state index contributed by atoms with van der Waals surface area (Å²) in [6.45, 7) is 3.65. The largest absolute Gasteiger partial charge is 0.361 e. The average Bonchev–Trinajstić information content (AvgIpc) is 2.70. The Labute approximate surface area is 110 Å². The van der Waals surface area contributed by atoms with E-state index in [0.29, 0.717) is 34.1 Å². The van der Waals surface area contributed by atoms with Gasteiger partial charge in [0.25, 0.3) is 5.91 Å². The van der Waals surface area contributed by atoms with Crippen molar-refractivity contribution in [2.45, 2.75) is 20.3 Å². The van der Waals surface area contributed by atoms with Crippen molar-refractivity contribution in [3.05, 3.63) is 46.3 Å². The Morgan fingerprint density at radius 1 is 1.50 bits per heavy atom. The van der Waals surface area contributed by atoms with Crippen LogP contribution in [-0.2, 0) is 6.42 Å². The quantitative estimate of drug-likeness (QED) is 0.924. The van der Waals surface area contributed by atoms with E-state index in [1.807, 2.05) is 6.92 Å². The number of carbonyl (C=O) groups is 1. The third-order valence-electron chi connectivity index (χ3n) is 2.58. The van der Waals surface area contributed by atoms with Crippen LogP contribution in [0.2, 0.25) is 5.02 Å². The standard InChI is InChI=1S/C13H13ClN2O2/c1-3-11-12(8(2)18-16-11)13(17)15-10-6-4-5-9(14)7-10/h4-7H,3H2,1-2H3,(H,15,17).